The lowest BCUT2D eigenvalue weighted by Crippen LogP contribution is -2.27. The third-order valence-electron chi connectivity index (χ3n) is 7.41. The van der Waals surface area contributed by atoms with Gasteiger partial charge in [0.25, 0.3) is 0 Å². The highest BCUT2D eigenvalue weighted by Gasteiger charge is 2.21. The smallest absolute Gasteiger partial charge is 0.127 e. The summed E-state index contributed by atoms with van der Waals surface area (Å²) in [5.74, 6) is 0.931. The highest BCUT2D eigenvalue weighted by Crippen LogP contribution is 2.34. The minimum Gasteiger partial charge on any atom is -0.488 e. The highest BCUT2D eigenvalue weighted by atomic mass is 16.5. The number of nitrogens with one attached hydrogen (secondary N) is 1. The summed E-state index contributed by atoms with van der Waals surface area (Å²) in [7, 11) is 1.72. The van der Waals surface area contributed by atoms with Crippen molar-refractivity contribution >= 4 is 0 Å². The van der Waals surface area contributed by atoms with E-state index in [-0.39, 0.29) is 6.10 Å². The number of ether oxygens (including phenoxy) is 2. The Morgan fingerprint density at radius 2 is 1.81 bits per heavy atom. The van der Waals surface area contributed by atoms with E-state index in [1.807, 2.05) is 0 Å². The molecule has 2 aromatic carbocycles. The first-order valence-corrected chi connectivity index (χ1v) is 13.6. The van der Waals surface area contributed by atoms with Gasteiger partial charge in [-0.2, -0.15) is 0 Å². The first kappa shape index (κ1) is 26.4. The van der Waals surface area contributed by atoms with Crippen LogP contribution in [0, 0.1) is 6.92 Å². The quantitative estimate of drug-likeness (QED) is 0.323. The van der Waals surface area contributed by atoms with Crippen LogP contribution >= 0.6 is 0 Å². The molecule has 0 unspecified atom stereocenters. The fraction of sp³-hybridized carbons (Fsp3) is 0.469. The second kappa shape index (κ2) is 12.5. The molecule has 1 aliphatic carbocycles. The van der Waals surface area contributed by atoms with Crippen molar-refractivity contribution < 1.29 is 9.47 Å². The number of aromatic nitrogens is 1. The summed E-state index contributed by atoms with van der Waals surface area (Å²) in [6.07, 6.45) is 6.42. The van der Waals surface area contributed by atoms with Crippen LogP contribution in [0.2, 0.25) is 0 Å². The molecule has 4 heteroatoms. The van der Waals surface area contributed by atoms with Gasteiger partial charge < -0.3 is 14.8 Å². The normalized spacial score (nSPS) is 16.0. The standard InChI is InChI=1S/C32H42N2O2/c1-6-24-13-10-14-25(7-2)32(24)30-20-31(36-22(3)21-35-5)27(23(4)34-30)18-19-33-29-17-11-15-26-12-8-9-16-28(26)29/h8-10,12-14,16,20,22,29,33H,6-7,11,15,17-19,21H2,1-5H3/t22-,29-/m0/s1. The van der Waals surface area contributed by atoms with Crippen molar-refractivity contribution in [3.63, 3.8) is 0 Å². The Kier molecular flexibility index (Phi) is 9.17. The lowest BCUT2D eigenvalue weighted by atomic mass is 9.87. The summed E-state index contributed by atoms with van der Waals surface area (Å²) in [5, 5.41) is 3.83. The minimum atomic E-state index is -0.0337. The van der Waals surface area contributed by atoms with E-state index in [1.165, 1.54) is 52.6 Å². The van der Waals surface area contributed by atoms with Crippen LogP contribution in [-0.4, -0.2) is 31.3 Å². The molecular weight excluding hydrogens is 444 g/mol. The Balaban J connectivity index is 1.62. The van der Waals surface area contributed by atoms with Gasteiger partial charge in [-0.15, -0.1) is 0 Å². The largest absolute Gasteiger partial charge is 0.488 e. The summed E-state index contributed by atoms with van der Waals surface area (Å²) < 4.78 is 11.9. The number of aryl methyl sites for hydroxylation is 4. The molecule has 2 atom stereocenters. The van der Waals surface area contributed by atoms with Gasteiger partial charge in [0.15, 0.2) is 0 Å². The van der Waals surface area contributed by atoms with E-state index in [4.69, 9.17) is 14.5 Å². The van der Waals surface area contributed by atoms with Gasteiger partial charge >= 0.3 is 0 Å². The number of nitrogens with zero attached hydrogens (tertiary/aromatic N) is 1. The Morgan fingerprint density at radius 3 is 2.53 bits per heavy atom. The predicted molar refractivity (Wildman–Crippen MR) is 149 cm³/mol. The molecule has 1 aromatic heterocycles. The number of hydrogen-bond donors (Lipinski definition) is 1. The first-order valence-electron chi connectivity index (χ1n) is 13.6. The molecule has 0 bridgehead atoms. The number of rotatable bonds is 11. The summed E-state index contributed by atoms with van der Waals surface area (Å²) in [5.41, 5.74) is 10.1. The average Bonchev–Trinajstić information content (AvgIpc) is 2.89. The molecule has 0 fully saturated rings. The molecule has 1 aliphatic rings. The van der Waals surface area contributed by atoms with Gasteiger partial charge in [0.2, 0.25) is 0 Å². The Bertz CT molecular complexity index is 1130. The van der Waals surface area contributed by atoms with Crippen molar-refractivity contribution in [1.29, 1.82) is 0 Å². The zero-order valence-corrected chi connectivity index (χ0v) is 22.7. The monoisotopic (exact) mass is 486 g/mol. The van der Waals surface area contributed by atoms with Gasteiger partial charge in [0.05, 0.1) is 12.3 Å². The topological polar surface area (TPSA) is 43.4 Å². The molecule has 36 heavy (non-hydrogen) atoms. The van der Waals surface area contributed by atoms with E-state index in [1.54, 1.807) is 7.11 Å². The van der Waals surface area contributed by atoms with Crippen LogP contribution in [0.5, 0.6) is 5.75 Å². The maximum Gasteiger partial charge on any atom is 0.127 e. The van der Waals surface area contributed by atoms with Crippen molar-refractivity contribution in [2.24, 2.45) is 0 Å². The molecule has 1 N–H and O–H groups in total. The Hall–Kier alpha value is -2.69. The maximum atomic E-state index is 6.48. The highest BCUT2D eigenvalue weighted by molar-refractivity contribution is 5.70. The van der Waals surface area contributed by atoms with Crippen LogP contribution < -0.4 is 10.1 Å². The molecule has 0 saturated heterocycles. The van der Waals surface area contributed by atoms with Gasteiger partial charge in [0.1, 0.15) is 11.9 Å². The third kappa shape index (κ3) is 5.99. The molecule has 1 heterocycles. The lowest BCUT2D eigenvalue weighted by Gasteiger charge is -2.27. The molecule has 3 aromatic rings. The summed E-state index contributed by atoms with van der Waals surface area (Å²) >= 11 is 0. The van der Waals surface area contributed by atoms with Gasteiger partial charge in [-0.25, -0.2) is 0 Å². The van der Waals surface area contributed by atoms with Crippen LogP contribution in [0.15, 0.2) is 48.5 Å². The lowest BCUT2D eigenvalue weighted by molar-refractivity contribution is 0.0913. The molecular formula is C32H42N2O2. The fourth-order valence-electron chi connectivity index (χ4n) is 5.60. The van der Waals surface area contributed by atoms with E-state index in [0.29, 0.717) is 12.6 Å². The zero-order chi connectivity index (χ0) is 25.5. The number of methoxy groups -OCH3 is 1. The van der Waals surface area contributed by atoms with Gasteiger partial charge in [-0.1, -0.05) is 56.3 Å². The van der Waals surface area contributed by atoms with Crippen molar-refractivity contribution in [1.82, 2.24) is 10.3 Å². The maximum absolute atomic E-state index is 6.48. The van der Waals surface area contributed by atoms with Crippen LogP contribution in [-0.2, 0) is 30.4 Å². The second-order valence-electron chi connectivity index (χ2n) is 9.96. The van der Waals surface area contributed by atoms with Crippen molar-refractivity contribution in [3.8, 4) is 17.0 Å². The van der Waals surface area contributed by atoms with Crippen LogP contribution in [0.25, 0.3) is 11.3 Å². The second-order valence-corrected chi connectivity index (χ2v) is 9.96. The number of pyridine rings is 1. The van der Waals surface area contributed by atoms with Crippen LogP contribution in [0.1, 0.15) is 73.2 Å². The Labute approximate surface area is 217 Å². The summed E-state index contributed by atoms with van der Waals surface area (Å²) in [6.45, 7) is 10.1. The van der Waals surface area contributed by atoms with Crippen molar-refractivity contribution in [2.45, 2.75) is 78.4 Å². The van der Waals surface area contributed by atoms with Gasteiger partial charge in [-0.05, 0) is 81.2 Å². The molecule has 0 spiro atoms. The van der Waals surface area contributed by atoms with Crippen LogP contribution in [0.3, 0.4) is 0 Å². The van der Waals surface area contributed by atoms with E-state index < -0.39 is 0 Å². The molecule has 4 rings (SSSR count). The van der Waals surface area contributed by atoms with E-state index in [9.17, 15) is 0 Å². The SMILES string of the molecule is CCc1cccc(CC)c1-c1cc(O[C@@H](C)COC)c(CCN[C@H]2CCCc3ccccc32)c(C)n1. The molecule has 0 radical (unpaired) electrons. The van der Waals surface area contributed by atoms with Crippen molar-refractivity contribution in [2.75, 3.05) is 20.3 Å². The van der Waals surface area contributed by atoms with Crippen molar-refractivity contribution in [3.05, 3.63) is 82.0 Å². The Morgan fingerprint density at radius 1 is 1.06 bits per heavy atom. The fourth-order valence-corrected chi connectivity index (χ4v) is 5.60. The third-order valence-corrected chi connectivity index (χ3v) is 7.41. The first-order chi connectivity index (χ1) is 17.5. The number of fused-ring (bicyclic) bond motifs is 1. The summed E-state index contributed by atoms with van der Waals surface area (Å²) in [4.78, 5) is 5.14. The number of benzene rings is 2. The van der Waals surface area contributed by atoms with E-state index >= 15 is 0 Å². The van der Waals surface area contributed by atoms with Gasteiger partial charge in [0, 0.05) is 36.0 Å². The summed E-state index contributed by atoms with van der Waals surface area (Å²) in [6, 6.07) is 18.1. The molecule has 192 valence electrons. The number of hydrogen-bond acceptors (Lipinski definition) is 4. The predicted octanol–water partition coefficient (Wildman–Crippen LogP) is 6.81. The zero-order valence-electron chi connectivity index (χ0n) is 22.7. The van der Waals surface area contributed by atoms with Gasteiger partial charge in [-0.3, -0.25) is 4.98 Å². The molecule has 0 amide bonds. The molecule has 0 saturated carbocycles. The molecule has 4 nitrogen and oxygen atoms in total. The average molecular weight is 487 g/mol. The van der Waals surface area contributed by atoms with E-state index in [0.717, 1.165) is 42.9 Å². The molecule has 0 aliphatic heterocycles. The minimum absolute atomic E-state index is 0.0337. The van der Waals surface area contributed by atoms with Crippen LogP contribution in [0.4, 0.5) is 0 Å². The van der Waals surface area contributed by atoms with E-state index in [2.05, 4.69) is 81.5 Å².